The Bertz CT molecular complexity index is 1200. The average Bonchev–Trinajstić information content (AvgIpc) is 3.16. The van der Waals surface area contributed by atoms with Gasteiger partial charge in [-0.25, -0.2) is 9.78 Å². The van der Waals surface area contributed by atoms with E-state index in [1.54, 1.807) is 42.5 Å². The predicted molar refractivity (Wildman–Crippen MR) is 124 cm³/mol. The largest absolute Gasteiger partial charge is 0.465 e. The summed E-state index contributed by atoms with van der Waals surface area (Å²) >= 11 is 3.01. The molecule has 1 aliphatic carbocycles. The lowest BCUT2D eigenvalue weighted by molar-refractivity contribution is -0.115. The van der Waals surface area contributed by atoms with Gasteiger partial charge in [-0.1, -0.05) is 6.07 Å². The fourth-order valence-electron chi connectivity index (χ4n) is 3.64. The van der Waals surface area contributed by atoms with Gasteiger partial charge < -0.3 is 15.0 Å². The summed E-state index contributed by atoms with van der Waals surface area (Å²) in [4.78, 5) is 46.5. The van der Waals surface area contributed by atoms with Gasteiger partial charge in [0.25, 0.3) is 5.56 Å². The Kier molecular flexibility index (Phi) is 6.43. The van der Waals surface area contributed by atoms with Gasteiger partial charge in [0.1, 0.15) is 10.7 Å². The second-order valence-corrected chi connectivity index (χ2v) is 9.83. The van der Waals surface area contributed by atoms with Crippen molar-refractivity contribution >= 4 is 50.9 Å². The van der Waals surface area contributed by atoms with Crippen LogP contribution in [0.2, 0.25) is 0 Å². The summed E-state index contributed by atoms with van der Waals surface area (Å²) in [5.41, 5.74) is 1.98. The van der Waals surface area contributed by atoms with Crippen LogP contribution in [0.25, 0.3) is 10.2 Å². The number of aromatic amines is 1. The molecule has 0 spiro atoms. The Morgan fingerprint density at radius 3 is 2.94 bits per heavy atom. The third-order valence-electron chi connectivity index (χ3n) is 5.26. The van der Waals surface area contributed by atoms with Gasteiger partial charge in [-0.05, 0) is 56.4 Å². The number of amides is 1. The number of aryl methyl sites for hydroxylation is 2. The van der Waals surface area contributed by atoms with Crippen LogP contribution in [0.1, 0.15) is 46.4 Å². The van der Waals surface area contributed by atoms with Gasteiger partial charge in [-0.3, -0.25) is 9.59 Å². The Morgan fingerprint density at radius 2 is 2.13 bits per heavy atom. The summed E-state index contributed by atoms with van der Waals surface area (Å²) in [5, 5.41) is 3.18. The highest BCUT2D eigenvalue weighted by atomic mass is 32.2. The first-order chi connectivity index (χ1) is 15.0. The van der Waals surface area contributed by atoms with E-state index in [2.05, 4.69) is 15.3 Å². The van der Waals surface area contributed by atoms with E-state index in [0.717, 1.165) is 35.9 Å². The SMILES string of the molecule is COC(=O)c1cccc(NC(=O)C(C)SCc2nc3sc4c(c3c(=O)[nH]2)CCCC4)c1. The van der Waals surface area contributed by atoms with E-state index >= 15 is 0 Å². The van der Waals surface area contributed by atoms with Crippen molar-refractivity contribution < 1.29 is 14.3 Å². The number of methoxy groups -OCH3 is 1. The zero-order valence-electron chi connectivity index (χ0n) is 17.3. The number of anilines is 1. The highest BCUT2D eigenvalue weighted by molar-refractivity contribution is 7.99. The lowest BCUT2D eigenvalue weighted by Gasteiger charge is -2.12. The topological polar surface area (TPSA) is 101 Å². The van der Waals surface area contributed by atoms with Crippen LogP contribution in [0, 0.1) is 0 Å². The molecular weight excluding hydrogens is 434 g/mol. The van der Waals surface area contributed by atoms with Crippen molar-refractivity contribution in [2.45, 2.75) is 43.6 Å². The Balaban J connectivity index is 1.42. The molecule has 31 heavy (non-hydrogen) atoms. The molecule has 1 unspecified atom stereocenters. The number of nitrogens with one attached hydrogen (secondary N) is 2. The molecule has 0 saturated carbocycles. The zero-order valence-corrected chi connectivity index (χ0v) is 19.0. The normalized spacial score (nSPS) is 14.1. The molecule has 0 radical (unpaired) electrons. The number of thiophene rings is 1. The Labute approximate surface area is 187 Å². The highest BCUT2D eigenvalue weighted by Gasteiger charge is 2.20. The molecule has 0 saturated heterocycles. The third kappa shape index (κ3) is 4.67. The minimum atomic E-state index is -0.459. The number of ether oxygens (including phenoxy) is 1. The molecule has 2 aromatic heterocycles. The fraction of sp³-hybridized carbons (Fsp3) is 0.364. The molecule has 1 atom stereocenters. The number of benzene rings is 1. The molecule has 0 aliphatic heterocycles. The maximum atomic E-state index is 12.6. The first-order valence-electron chi connectivity index (χ1n) is 10.1. The van der Waals surface area contributed by atoms with E-state index in [1.165, 1.54) is 29.3 Å². The van der Waals surface area contributed by atoms with Gasteiger partial charge in [0, 0.05) is 10.6 Å². The highest BCUT2D eigenvalue weighted by Crippen LogP contribution is 2.33. The average molecular weight is 458 g/mol. The van der Waals surface area contributed by atoms with E-state index in [4.69, 9.17) is 4.74 Å². The summed E-state index contributed by atoms with van der Waals surface area (Å²) < 4.78 is 4.71. The number of H-pyrrole nitrogens is 1. The summed E-state index contributed by atoms with van der Waals surface area (Å²) in [7, 11) is 1.31. The van der Waals surface area contributed by atoms with Crippen LogP contribution in [-0.2, 0) is 28.1 Å². The molecule has 9 heteroatoms. The van der Waals surface area contributed by atoms with Crippen molar-refractivity contribution in [1.82, 2.24) is 9.97 Å². The smallest absolute Gasteiger partial charge is 0.337 e. The number of carbonyl (C=O) groups is 2. The number of hydrogen-bond acceptors (Lipinski definition) is 7. The molecule has 2 heterocycles. The van der Waals surface area contributed by atoms with Crippen molar-refractivity contribution in [1.29, 1.82) is 0 Å². The van der Waals surface area contributed by atoms with Crippen LogP contribution in [0.5, 0.6) is 0 Å². The summed E-state index contributed by atoms with van der Waals surface area (Å²) in [6, 6.07) is 6.60. The maximum absolute atomic E-state index is 12.6. The van der Waals surface area contributed by atoms with Crippen LogP contribution in [0.4, 0.5) is 5.69 Å². The summed E-state index contributed by atoms with van der Waals surface area (Å²) in [6.07, 6.45) is 4.25. The molecular formula is C22H23N3O4S2. The van der Waals surface area contributed by atoms with Gasteiger partial charge in [0.05, 0.1) is 29.1 Å². The molecule has 1 amide bonds. The van der Waals surface area contributed by atoms with E-state index in [9.17, 15) is 14.4 Å². The van der Waals surface area contributed by atoms with Crippen molar-refractivity contribution in [3.63, 3.8) is 0 Å². The second kappa shape index (κ2) is 9.23. The van der Waals surface area contributed by atoms with Crippen LogP contribution in [0.15, 0.2) is 29.1 Å². The number of aromatic nitrogens is 2. The Hall–Kier alpha value is -2.65. The van der Waals surface area contributed by atoms with Gasteiger partial charge >= 0.3 is 5.97 Å². The number of fused-ring (bicyclic) bond motifs is 3. The minimum absolute atomic E-state index is 0.0864. The number of thioether (sulfide) groups is 1. The molecule has 1 aromatic carbocycles. The van der Waals surface area contributed by atoms with E-state index < -0.39 is 5.97 Å². The molecule has 3 aromatic rings. The van der Waals surface area contributed by atoms with Gasteiger partial charge in [0.15, 0.2) is 0 Å². The van der Waals surface area contributed by atoms with Crippen LogP contribution < -0.4 is 10.9 Å². The number of rotatable bonds is 6. The van der Waals surface area contributed by atoms with E-state index in [-0.39, 0.29) is 16.7 Å². The lowest BCUT2D eigenvalue weighted by Crippen LogP contribution is -2.23. The van der Waals surface area contributed by atoms with E-state index in [1.807, 2.05) is 0 Å². The summed E-state index contributed by atoms with van der Waals surface area (Å²) in [5.74, 6) is 0.347. The second-order valence-electron chi connectivity index (χ2n) is 7.42. The molecule has 0 fully saturated rings. The first kappa shape index (κ1) is 21.6. The van der Waals surface area contributed by atoms with Crippen LogP contribution in [0.3, 0.4) is 0 Å². The molecule has 2 N–H and O–H groups in total. The van der Waals surface area contributed by atoms with Gasteiger partial charge in [-0.15, -0.1) is 23.1 Å². The van der Waals surface area contributed by atoms with Gasteiger partial charge in [-0.2, -0.15) is 0 Å². The molecule has 162 valence electrons. The predicted octanol–water partition coefficient (Wildman–Crippen LogP) is 3.91. The number of esters is 1. The zero-order chi connectivity index (χ0) is 22.0. The summed E-state index contributed by atoms with van der Waals surface area (Å²) in [6.45, 7) is 1.80. The molecule has 1 aliphatic rings. The van der Waals surface area contributed by atoms with Crippen molar-refractivity contribution in [2.75, 3.05) is 12.4 Å². The monoisotopic (exact) mass is 457 g/mol. The number of nitrogens with zero attached hydrogens (tertiary/aromatic N) is 1. The lowest BCUT2D eigenvalue weighted by atomic mass is 9.97. The third-order valence-corrected chi connectivity index (χ3v) is 7.60. The standard InChI is InChI=1S/C22H23N3O4S2/c1-12(19(26)23-14-7-5-6-13(10-14)22(28)29-2)30-11-17-24-20(27)18-15-8-3-4-9-16(15)31-21(18)25-17/h5-7,10,12H,3-4,8-9,11H2,1-2H3,(H,23,26)(H,24,25,27). The minimum Gasteiger partial charge on any atom is -0.465 e. The first-order valence-corrected chi connectivity index (χ1v) is 12.0. The fourth-order valence-corrected chi connectivity index (χ4v) is 5.68. The quantitative estimate of drug-likeness (QED) is 0.544. The van der Waals surface area contributed by atoms with Gasteiger partial charge in [0.2, 0.25) is 5.91 Å². The van der Waals surface area contributed by atoms with E-state index in [0.29, 0.717) is 22.8 Å². The van der Waals surface area contributed by atoms with Crippen LogP contribution in [-0.4, -0.2) is 34.2 Å². The Morgan fingerprint density at radius 1 is 1.32 bits per heavy atom. The molecule has 0 bridgehead atoms. The van der Waals surface area contributed by atoms with Crippen molar-refractivity contribution in [2.24, 2.45) is 0 Å². The number of carbonyl (C=O) groups excluding carboxylic acids is 2. The van der Waals surface area contributed by atoms with Crippen molar-refractivity contribution in [3.8, 4) is 0 Å². The number of hydrogen-bond donors (Lipinski definition) is 2. The van der Waals surface area contributed by atoms with Crippen molar-refractivity contribution in [3.05, 3.63) is 56.4 Å². The molecule has 4 rings (SSSR count). The maximum Gasteiger partial charge on any atom is 0.337 e. The molecule has 7 nitrogen and oxygen atoms in total. The van der Waals surface area contributed by atoms with Crippen LogP contribution >= 0.6 is 23.1 Å².